The maximum Gasteiger partial charge on any atom is 0.248 e. The Bertz CT molecular complexity index is 656. The van der Waals surface area contributed by atoms with E-state index in [9.17, 15) is 4.79 Å². The average Bonchev–Trinajstić information content (AvgIpc) is 2.96. The Kier molecular flexibility index (Phi) is 6.37. The van der Waals surface area contributed by atoms with E-state index in [1.54, 1.807) is 0 Å². The largest absolute Gasteiger partial charge is 0.366 e. The van der Waals surface area contributed by atoms with E-state index in [0.29, 0.717) is 11.5 Å². The Morgan fingerprint density at radius 1 is 1.11 bits per heavy atom. The summed E-state index contributed by atoms with van der Waals surface area (Å²) in [6.07, 6.45) is 13.5. The van der Waals surface area contributed by atoms with Gasteiger partial charge in [-0.1, -0.05) is 31.4 Å². The van der Waals surface area contributed by atoms with Gasteiger partial charge in [-0.25, -0.2) is 0 Å². The number of piperidine rings is 1. The fraction of sp³-hybridized carbons (Fsp3) is 0.708. The van der Waals surface area contributed by atoms with Crippen molar-refractivity contribution in [3.63, 3.8) is 0 Å². The van der Waals surface area contributed by atoms with Gasteiger partial charge in [0, 0.05) is 23.7 Å². The molecule has 2 saturated heterocycles. The first-order valence-electron chi connectivity index (χ1n) is 11.5. The van der Waals surface area contributed by atoms with Crippen molar-refractivity contribution in [2.45, 2.75) is 88.3 Å². The van der Waals surface area contributed by atoms with Crippen LogP contribution in [0.5, 0.6) is 0 Å². The fourth-order valence-electron chi connectivity index (χ4n) is 6.06. The molecule has 154 valence electrons. The lowest BCUT2D eigenvalue weighted by Crippen LogP contribution is -2.44. The van der Waals surface area contributed by atoms with Crippen molar-refractivity contribution in [2.24, 2.45) is 5.73 Å². The summed E-state index contributed by atoms with van der Waals surface area (Å²) in [6.45, 7) is 2.49. The Labute approximate surface area is 170 Å². The molecule has 1 saturated carbocycles. The van der Waals surface area contributed by atoms with Crippen LogP contribution in [0, 0.1) is 0 Å². The minimum atomic E-state index is -0.315. The van der Waals surface area contributed by atoms with E-state index in [2.05, 4.69) is 22.9 Å². The second-order valence-electron chi connectivity index (χ2n) is 9.41. The number of primary amides is 1. The summed E-state index contributed by atoms with van der Waals surface area (Å²) in [4.78, 5) is 17.0. The molecule has 3 fully saturated rings. The molecular weight excluding hydrogens is 346 g/mol. The van der Waals surface area contributed by atoms with Crippen LogP contribution in [0.15, 0.2) is 24.3 Å². The molecule has 0 radical (unpaired) electrons. The highest BCUT2D eigenvalue weighted by atomic mass is 16.1. The number of carbonyl (C=O) groups is 1. The molecule has 2 N–H and O–H groups in total. The molecule has 1 aliphatic carbocycles. The minimum absolute atomic E-state index is 0.315. The number of amides is 1. The Balaban J connectivity index is 1.29. The molecule has 2 bridgehead atoms. The molecule has 28 heavy (non-hydrogen) atoms. The molecule has 1 aromatic rings. The van der Waals surface area contributed by atoms with Crippen molar-refractivity contribution in [3.8, 4) is 0 Å². The zero-order valence-corrected chi connectivity index (χ0v) is 17.5. The van der Waals surface area contributed by atoms with Gasteiger partial charge in [0.05, 0.1) is 0 Å². The van der Waals surface area contributed by atoms with Crippen LogP contribution in [0.2, 0.25) is 0 Å². The molecule has 1 unspecified atom stereocenters. The number of nitrogens with zero attached hydrogens (tertiary/aromatic N) is 2. The van der Waals surface area contributed by atoms with Crippen molar-refractivity contribution in [2.75, 3.05) is 20.1 Å². The highest BCUT2D eigenvalue weighted by Crippen LogP contribution is 2.43. The van der Waals surface area contributed by atoms with Gasteiger partial charge >= 0.3 is 0 Å². The summed E-state index contributed by atoms with van der Waals surface area (Å²) in [6, 6.07) is 10.3. The van der Waals surface area contributed by atoms with E-state index < -0.39 is 0 Å². The van der Waals surface area contributed by atoms with Crippen LogP contribution < -0.4 is 5.73 Å². The fourth-order valence-corrected chi connectivity index (χ4v) is 6.06. The third kappa shape index (κ3) is 4.44. The van der Waals surface area contributed by atoms with Crippen LogP contribution in [-0.4, -0.2) is 54.0 Å². The second kappa shape index (κ2) is 8.96. The quantitative estimate of drug-likeness (QED) is 0.769. The number of hydrogen-bond acceptors (Lipinski definition) is 3. The Morgan fingerprint density at radius 2 is 1.82 bits per heavy atom. The van der Waals surface area contributed by atoms with Crippen LogP contribution >= 0.6 is 0 Å². The average molecular weight is 384 g/mol. The number of nitrogens with two attached hydrogens (primary N) is 1. The molecule has 1 aromatic carbocycles. The van der Waals surface area contributed by atoms with Gasteiger partial charge < -0.3 is 10.6 Å². The van der Waals surface area contributed by atoms with Crippen molar-refractivity contribution in [3.05, 3.63) is 35.4 Å². The van der Waals surface area contributed by atoms with Gasteiger partial charge in [0.2, 0.25) is 5.91 Å². The lowest BCUT2D eigenvalue weighted by Gasteiger charge is -2.40. The molecule has 1 amide bonds. The number of fused-ring (bicyclic) bond motifs is 2. The molecule has 2 heterocycles. The van der Waals surface area contributed by atoms with E-state index in [4.69, 9.17) is 5.73 Å². The second-order valence-corrected chi connectivity index (χ2v) is 9.41. The molecular formula is C24H37N3O. The maximum absolute atomic E-state index is 11.5. The van der Waals surface area contributed by atoms with E-state index in [1.807, 2.05) is 18.2 Å². The third-order valence-corrected chi connectivity index (χ3v) is 7.65. The van der Waals surface area contributed by atoms with E-state index in [1.165, 1.54) is 82.9 Å². The van der Waals surface area contributed by atoms with E-state index in [0.717, 1.165) is 18.1 Å². The molecule has 2 aliphatic heterocycles. The van der Waals surface area contributed by atoms with Crippen molar-refractivity contribution in [1.82, 2.24) is 9.80 Å². The third-order valence-electron chi connectivity index (χ3n) is 7.65. The molecule has 4 nitrogen and oxygen atoms in total. The summed E-state index contributed by atoms with van der Waals surface area (Å²) >= 11 is 0. The molecule has 3 atom stereocenters. The monoisotopic (exact) mass is 383 g/mol. The van der Waals surface area contributed by atoms with Gasteiger partial charge in [0.1, 0.15) is 0 Å². The standard InChI is InChI=1S/C24H37N3O/c1-26(21-9-3-2-4-10-21)13-6-14-27-22-11-12-23(27)17-20(16-22)18-7-5-8-19(15-18)24(25)28/h5,7-8,15,20-23H,2-4,6,9-14,16-17H2,1H3,(H2,25,28)/t20?,22-,23+. The van der Waals surface area contributed by atoms with Crippen molar-refractivity contribution in [1.29, 1.82) is 0 Å². The zero-order valence-electron chi connectivity index (χ0n) is 17.5. The van der Waals surface area contributed by atoms with Crippen LogP contribution in [0.4, 0.5) is 0 Å². The number of carbonyl (C=O) groups excluding carboxylic acids is 1. The van der Waals surface area contributed by atoms with Crippen LogP contribution in [0.3, 0.4) is 0 Å². The topological polar surface area (TPSA) is 49.6 Å². The summed E-state index contributed by atoms with van der Waals surface area (Å²) in [5.74, 6) is 0.266. The van der Waals surface area contributed by atoms with Gasteiger partial charge in [-0.3, -0.25) is 9.69 Å². The Hall–Kier alpha value is -1.39. The molecule has 4 rings (SSSR count). The van der Waals surface area contributed by atoms with Crippen molar-refractivity contribution >= 4 is 5.91 Å². The summed E-state index contributed by atoms with van der Waals surface area (Å²) in [5.41, 5.74) is 7.44. The molecule has 3 aliphatic rings. The van der Waals surface area contributed by atoms with E-state index >= 15 is 0 Å². The summed E-state index contributed by atoms with van der Waals surface area (Å²) in [7, 11) is 2.34. The smallest absolute Gasteiger partial charge is 0.248 e. The predicted molar refractivity (Wildman–Crippen MR) is 115 cm³/mol. The number of rotatable bonds is 7. The molecule has 0 spiro atoms. The molecule has 4 heteroatoms. The highest BCUT2D eigenvalue weighted by Gasteiger charge is 2.40. The normalized spacial score (nSPS) is 28.7. The van der Waals surface area contributed by atoms with Gasteiger partial charge in [-0.05, 0) is 88.7 Å². The highest BCUT2D eigenvalue weighted by molar-refractivity contribution is 5.92. The first-order chi connectivity index (χ1) is 13.6. The summed E-state index contributed by atoms with van der Waals surface area (Å²) < 4.78 is 0. The zero-order chi connectivity index (χ0) is 19.5. The Morgan fingerprint density at radius 3 is 2.50 bits per heavy atom. The molecule has 0 aromatic heterocycles. The lowest BCUT2D eigenvalue weighted by molar-refractivity contribution is 0.1000. The van der Waals surface area contributed by atoms with Gasteiger partial charge in [-0.15, -0.1) is 0 Å². The van der Waals surface area contributed by atoms with Crippen LogP contribution in [0.25, 0.3) is 0 Å². The van der Waals surface area contributed by atoms with Crippen molar-refractivity contribution < 1.29 is 4.79 Å². The number of benzene rings is 1. The van der Waals surface area contributed by atoms with Gasteiger partial charge in [0.25, 0.3) is 0 Å². The van der Waals surface area contributed by atoms with Gasteiger partial charge in [-0.2, -0.15) is 0 Å². The maximum atomic E-state index is 11.5. The lowest BCUT2D eigenvalue weighted by atomic mass is 9.84. The summed E-state index contributed by atoms with van der Waals surface area (Å²) in [5, 5.41) is 0. The number of hydrogen-bond donors (Lipinski definition) is 1. The van der Waals surface area contributed by atoms with Crippen LogP contribution in [0.1, 0.15) is 86.0 Å². The SMILES string of the molecule is CN(CCCN1[C@@H]2CC[C@H]1CC(c1cccc(C(N)=O)c1)C2)C1CCCCC1. The van der Waals surface area contributed by atoms with Crippen LogP contribution in [-0.2, 0) is 0 Å². The first kappa shape index (κ1) is 19.9. The minimum Gasteiger partial charge on any atom is -0.366 e. The van der Waals surface area contributed by atoms with Gasteiger partial charge in [0.15, 0.2) is 0 Å². The first-order valence-corrected chi connectivity index (χ1v) is 11.5. The predicted octanol–water partition coefficient (Wildman–Crippen LogP) is 4.15. The van der Waals surface area contributed by atoms with E-state index in [-0.39, 0.29) is 5.91 Å².